The zero-order valence-corrected chi connectivity index (χ0v) is 14.8. The van der Waals surface area contributed by atoms with Crippen LogP contribution in [0.5, 0.6) is 0 Å². The van der Waals surface area contributed by atoms with Gasteiger partial charge in [0.05, 0.1) is 11.7 Å². The molecule has 4 aliphatic rings. The van der Waals surface area contributed by atoms with E-state index in [9.17, 15) is 4.79 Å². The van der Waals surface area contributed by atoms with Crippen molar-refractivity contribution in [3.05, 3.63) is 0 Å². The van der Waals surface area contributed by atoms with Gasteiger partial charge in [0.2, 0.25) is 0 Å². The molecule has 3 saturated carbocycles. The van der Waals surface area contributed by atoms with E-state index >= 15 is 0 Å². The molecule has 0 amide bonds. The zero-order chi connectivity index (χ0) is 16.3. The summed E-state index contributed by atoms with van der Waals surface area (Å²) in [5, 5.41) is 0. The van der Waals surface area contributed by atoms with Crippen molar-refractivity contribution in [3.63, 3.8) is 0 Å². The summed E-state index contributed by atoms with van der Waals surface area (Å²) < 4.78 is 17.8. The van der Waals surface area contributed by atoms with Gasteiger partial charge in [0.1, 0.15) is 5.60 Å². The Kier molecular flexibility index (Phi) is 3.69. The number of hydrogen-bond acceptors (Lipinski definition) is 4. The van der Waals surface area contributed by atoms with Gasteiger partial charge in [-0.2, -0.15) is 0 Å². The average Bonchev–Trinajstić information content (AvgIpc) is 2.69. The molecule has 0 unspecified atom stereocenters. The first-order valence-corrected chi connectivity index (χ1v) is 8.57. The molecular formula is C17H29BO4. The monoisotopic (exact) mass is 308 g/mol. The summed E-state index contributed by atoms with van der Waals surface area (Å²) in [7, 11) is -0.266. The summed E-state index contributed by atoms with van der Waals surface area (Å²) in [6.45, 7) is 12.6. The third-order valence-corrected chi connectivity index (χ3v) is 6.01. The van der Waals surface area contributed by atoms with Gasteiger partial charge in [0.15, 0.2) is 0 Å². The highest BCUT2D eigenvalue weighted by molar-refractivity contribution is 6.45. The van der Waals surface area contributed by atoms with E-state index in [2.05, 4.69) is 20.8 Å². The number of ether oxygens (including phenoxy) is 1. The minimum absolute atomic E-state index is 0.177. The number of carbonyl (C=O) groups is 1. The van der Waals surface area contributed by atoms with Gasteiger partial charge in [0.25, 0.3) is 0 Å². The third kappa shape index (κ3) is 2.60. The molecule has 1 heterocycles. The van der Waals surface area contributed by atoms with Crippen molar-refractivity contribution in [2.45, 2.75) is 84.4 Å². The first-order valence-electron chi connectivity index (χ1n) is 8.57. The highest BCUT2D eigenvalue weighted by atomic mass is 16.7. The topological polar surface area (TPSA) is 44.8 Å². The van der Waals surface area contributed by atoms with Gasteiger partial charge < -0.3 is 14.0 Å². The SMILES string of the molecule is CC(C)(C)OC(=O)CCB1O[C@H]2C[C@@H]3C[C@@H](C3(C)C)[C@@]2(C)O1. The van der Waals surface area contributed by atoms with E-state index in [1.165, 1.54) is 6.42 Å². The van der Waals surface area contributed by atoms with Crippen molar-refractivity contribution in [1.82, 2.24) is 0 Å². The quantitative estimate of drug-likeness (QED) is 0.592. The molecule has 0 aromatic rings. The van der Waals surface area contributed by atoms with Crippen LogP contribution in [0.2, 0.25) is 6.32 Å². The van der Waals surface area contributed by atoms with Gasteiger partial charge in [-0.05, 0) is 64.1 Å². The molecule has 4 atom stereocenters. The van der Waals surface area contributed by atoms with Gasteiger partial charge in [-0.15, -0.1) is 0 Å². The second kappa shape index (κ2) is 4.97. The highest BCUT2D eigenvalue weighted by Gasteiger charge is 2.67. The largest absolute Gasteiger partial charge is 0.460 e. The number of carbonyl (C=O) groups excluding carboxylic acids is 1. The fourth-order valence-corrected chi connectivity index (χ4v) is 4.70. The maximum absolute atomic E-state index is 11.9. The van der Waals surface area contributed by atoms with Crippen LogP contribution < -0.4 is 0 Å². The van der Waals surface area contributed by atoms with Crippen molar-refractivity contribution in [2.24, 2.45) is 17.3 Å². The zero-order valence-electron chi connectivity index (χ0n) is 14.8. The van der Waals surface area contributed by atoms with Crippen LogP contribution in [0.1, 0.15) is 60.8 Å². The van der Waals surface area contributed by atoms with Crippen molar-refractivity contribution >= 4 is 13.1 Å². The summed E-state index contributed by atoms with van der Waals surface area (Å²) in [5.41, 5.74) is -0.259. The van der Waals surface area contributed by atoms with Crippen LogP contribution >= 0.6 is 0 Å². The Morgan fingerprint density at radius 1 is 1.27 bits per heavy atom. The second-order valence-electron chi connectivity index (χ2n) is 9.02. The van der Waals surface area contributed by atoms with Gasteiger partial charge in [-0.3, -0.25) is 4.79 Å². The Bertz CT molecular complexity index is 470. The number of rotatable bonds is 3. The lowest BCUT2D eigenvalue weighted by Gasteiger charge is -2.64. The lowest BCUT2D eigenvalue weighted by molar-refractivity contribution is -0.199. The second-order valence-corrected chi connectivity index (χ2v) is 9.02. The minimum Gasteiger partial charge on any atom is -0.460 e. The smallest absolute Gasteiger partial charge is 0.458 e. The van der Waals surface area contributed by atoms with Crippen LogP contribution in [0.25, 0.3) is 0 Å². The van der Waals surface area contributed by atoms with Crippen molar-refractivity contribution < 1.29 is 18.8 Å². The fraction of sp³-hybridized carbons (Fsp3) is 0.941. The van der Waals surface area contributed by atoms with Crippen molar-refractivity contribution in [2.75, 3.05) is 0 Å². The first-order chi connectivity index (χ1) is 10.0. The molecule has 4 fully saturated rings. The third-order valence-electron chi connectivity index (χ3n) is 6.01. The number of hydrogen-bond donors (Lipinski definition) is 0. The van der Waals surface area contributed by atoms with E-state index in [1.54, 1.807) is 0 Å². The van der Waals surface area contributed by atoms with Crippen LogP contribution in [0.3, 0.4) is 0 Å². The van der Waals surface area contributed by atoms with Crippen LogP contribution in [0.15, 0.2) is 0 Å². The predicted octanol–water partition coefficient (Wildman–Crippen LogP) is 3.45. The standard InChI is InChI=1S/C17H29BO4/c1-15(2,3)20-14(19)7-8-18-21-13-10-11-9-12(16(11,4)5)17(13,6)22-18/h11-13H,7-10H2,1-6H3/t11-,12-,13-,17+/m0/s1. The van der Waals surface area contributed by atoms with Gasteiger partial charge in [0, 0.05) is 6.42 Å². The van der Waals surface area contributed by atoms with Crippen molar-refractivity contribution in [3.8, 4) is 0 Å². The van der Waals surface area contributed by atoms with Gasteiger partial charge in [-0.1, -0.05) is 13.8 Å². The average molecular weight is 308 g/mol. The predicted molar refractivity (Wildman–Crippen MR) is 85.4 cm³/mol. The van der Waals surface area contributed by atoms with Crippen molar-refractivity contribution in [1.29, 1.82) is 0 Å². The molecule has 1 saturated heterocycles. The van der Waals surface area contributed by atoms with E-state index < -0.39 is 5.60 Å². The van der Waals surface area contributed by atoms with Crippen LogP contribution in [-0.4, -0.2) is 30.4 Å². The minimum atomic E-state index is -0.431. The van der Waals surface area contributed by atoms with E-state index in [4.69, 9.17) is 14.0 Å². The normalized spacial score (nSPS) is 39.2. The maximum Gasteiger partial charge on any atom is 0.458 e. The highest BCUT2D eigenvalue weighted by Crippen LogP contribution is 2.65. The molecule has 5 heteroatoms. The molecular weight excluding hydrogens is 279 g/mol. The van der Waals surface area contributed by atoms with Crippen LogP contribution in [0.4, 0.5) is 0 Å². The summed E-state index contributed by atoms with van der Waals surface area (Å²) in [4.78, 5) is 11.9. The molecule has 0 aromatic carbocycles. The van der Waals surface area contributed by atoms with E-state index in [0.29, 0.717) is 24.1 Å². The molecule has 1 aliphatic heterocycles. The van der Waals surface area contributed by atoms with E-state index in [-0.39, 0.29) is 24.8 Å². The summed E-state index contributed by atoms with van der Waals surface area (Å²) in [6, 6.07) is 0. The Hall–Kier alpha value is -0.545. The Labute approximate surface area is 134 Å². The summed E-state index contributed by atoms with van der Waals surface area (Å²) in [6.07, 6.45) is 3.46. The molecule has 0 spiro atoms. The molecule has 124 valence electrons. The fourth-order valence-electron chi connectivity index (χ4n) is 4.70. The Morgan fingerprint density at radius 3 is 2.55 bits per heavy atom. The molecule has 4 rings (SSSR count). The summed E-state index contributed by atoms with van der Waals surface area (Å²) in [5.74, 6) is 1.14. The molecule has 3 aliphatic carbocycles. The van der Waals surface area contributed by atoms with Gasteiger partial charge >= 0.3 is 13.1 Å². The molecule has 0 radical (unpaired) electrons. The maximum atomic E-state index is 11.9. The molecule has 0 aromatic heterocycles. The molecule has 22 heavy (non-hydrogen) atoms. The van der Waals surface area contributed by atoms with Crippen LogP contribution in [0, 0.1) is 17.3 Å². The Balaban J connectivity index is 1.56. The van der Waals surface area contributed by atoms with E-state index in [0.717, 1.165) is 12.3 Å². The molecule has 4 nitrogen and oxygen atoms in total. The Morgan fingerprint density at radius 2 is 1.95 bits per heavy atom. The molecule has 2 bridgehead atoms. The number of esters is 1. The lowest BCUT2D eigenvalue weighted by atomic mass is 9.43. The van der Waals surface area contributed by atoms with Gasteiger partial charge in [-0.25, -0.2) is 0 Å². The first kappa shape index (κ1) is 16.3. The van der Waals surface area contributed by atoms with Crippen LogP contribution in [-0.2, 0) is 18.8 Å². The van der Waals surface area contributed by atoms with E-state index in [1.807, 2.05) is 20.8 Å². The lowest BCUT2D eigenvalue weighted by Crippen LogP contribution is -2.65. The molecule has 0 N–H and O–H groups in total. The summed E-state index contributed by atoms with van der Waals surface area (Å²) >= 11 is 0.